The number of ether oxygens (including phenoxy) is 1. The third-order valence-corrected chi connectivity index (χ3v) is 5.37. The zero-order valence-electron chi connectivity index (χ0n) is 12.8. The van der Waals surface area contributed by atoms with E-state index in [1.165, 1.54) is 0 Å². The summed E-state index contributed by atoms with van der Waals surface area (Å²) in [5.41, 5.74) is 1.13. The molecule has 1 aromatic rings. The van der Waals surface area contributed by atoms with E-state index in [4.69, 9.17) is 4.74 Å². The van der Waals surface area contributed by atoms with Crippen LogP contribution >= 0.6 is 11.8 Å². The Morgan fingerprint density at radius 3 is 2.95 bits per heavy atom. The second-order valence-corrected chi connectivity index (χ2v) is 7.09. The van der Waals surface area contributed by atoms with E-state index >= 15 is 0 Å². The smallest absolute Gasteiger partial charge is 0.222 e. The summed E-state index contributed by atoms with van der Waals surface area (Å²) in [5, 5.41) is 6.63. The largest absolute Gasteiger partial charge is 0.376 e. The van der Waals surface area contributed by atoms with Crippen molar-refractivity contribution in [1.82, 2.24) is 10.6 Å². The molecule has 2 heterocycles. The van der Waals surface area contributed by atoms with Crippen molar-refractivity contribution in [2.24, 2.45) is 0 Å². The molecule has 0 aromatic heterocycles. The van der Waals surface area contributed by atoms with Crippen LogP contribution in [-0.2, 0) is 9.53 Å². The Labute approximate surface area is 136 Å². The number of benzene rings is 1. The van der Waals surface area contributed by atoms with Gasteiger partial charge in [0.1, 0.15) is 0 Å². The van der Waals surface area contributed by atoms with E-state index in [-0.39, 0.29) is 18.1 Å². The normalized spacial score (nSPS) is 26.5. The Morgan fingerprint density at radius 2 is 2.27 bits per heavy atom. The first-order valence-corrected chi connectivity index (χ1v) is 9.25. The minimum absolute atomic E-state index is 0.0348. The molecule has 0 spiro atoms. The van der Waals surface area contributed by atoms with Crippen molar-refractivity contribution in [2.75, 3.05) is 24.7 Å². The van der Waals surface area contributed by atoms with Gasteiger partial charge in [-0.2, -0.15) is 11.8 Å². The lowest BCUT2D eigenvalue weighted by molar-refractivity contribution is -0.123. The molecule has 0 radical (unpaired) electrons. The molecule has 2 fully saturated rings. The molecule has 2 N–H and O–H groups in total. The Bertz CT molecular complexity index is 471. The molecular formula is C17H24N2O2S. The average molecular weight is 320 g/mol. The van der Waals surface area contributed by atoms with Crippen molar-refractivity contribution in [2.45, 2.75) is 37.5 Å². The van der Waals surface area contributed by atoms with Crippen molar-refractivity contribution in [1.29, 1.82) is 0 Å². The Kier molecular flexibility index (Phi) is 5.76. The zero-order chi connectivity index (χ0) is 15.2. The van der Waals surface area contributed by atoms with Crippen LogP contribution in [0.15, 0.2) is 30.3 Å². The molecule has 2 aliphatic rings. The molecule has 1 aromatic carbocycles. The average Bonchev–Trinajstić information content (AvgIpc) is 3.08. The highest BCUT2D eigenvalue weighted by Gasteiger charge is 2.29. The molecule has 0 saturated carbocycles. The van der Waals surface area contributed by atoms with Gasteiger partial charge in [0.2, 0.25) is 5.91 Å². The molecule has 1 amide bonds. The maximum atomic E-state index is 12.4. The van der Waals surface area contributed by atoms with Gasteiger partial charge in [0.25, 0.3) is 0 Å². The predicted molar refractivity (Wildman–Crippen MR) is 90.0 cm³/mol. The molecule has 0 bridgehead atoms. The Hall–Kier alpha value is -1.04. The highest BCUT2D eigenvalue weighted by molar-refractivity contribution is 7.99. The summed E-state index contributed by atoms with van der Waals surface area (Å²) in [6.45, 7) is 1.79. The third kappa shape index (κ3) is 4.24. The van der Waals surface area contributed by atoms with Gasteiger partial charge in [-0.05, 0) is 18.4 Å². The van der Waals surface area contributed by atoms with Crippen molar-refractivity contribution in [3.63, 3.8) is 0 Å². The summed E-state index contributed by atoms with van der Waals surface area (Å²) >= 11 is 1.92. The first-order valence-electron chi connectivity index (χ1n) is 8.10. The fourth-order valence-electron chi connectivity index (χ4n) is 3.12. The molecule has 22 heavy (non-hydrogen) atoms. The van der Waals surface area contributed by atoms with Crippen LogP contribution in [0.1, 0.15) is 30.9 Å². The summed E-state index contributed by atoms with van der Waals surface area (Å²) in [7, 11) is 0. The number of amides is 1. The van der Waals surface area contributed by atoms with Crippen LogP contribution in [0.5, 0.6) is 0 Å². The third-order valence-electron chi connectivity index (χ3n) is 4.24. The molecule has 3 unspecified atom stereocenters. The summed E-state index contributed by atoms with van der Waals surface area (Å²) < 4.78 is 5.83. The van der Waals surface area contributed by atoms with Crippen LogP contribution in [0.2, 0.25) is 0 Å². The molecule has 5 heteroatoms. The first kappa shape index (κ1) is 15.8. The van der Waals surface area contributed by atoms with E-state index in [1.807, 2.05) is 30.0 Å². The van der Waals surface area contributed by atoms with Crippen molar-refractivity contribution < 1.29 is 9.53 Å². The fraction of sp³-hybridized carbons (Fsp3) is 0.588. The van der Waals surface area contributed by atoms with Gasteiger partial charge in [0.05, 0.1) is 12.1 Å². The lowest BCUT2D eigenvalue weighted by Crippen LogP contribution is -2.43. The van der Waals surface area contributed by atoms with Crippen LogP contribution in [0.25, 0.3) is 0 Å². The van der Waals surface area contributed by atoms with Gasteiger partial charge in [-0.25, -0.2) is 0 Å². The van der Waals surface area contributed by atoms with E-state index in [2.05, 4.69) is 22.8 Å². The lowest BCUT2D eigenvalue weighted by Gasteiger charge is -2.27. The fourth-order valence-corrected chi connectivity index (χ4v) is 4.07. The van der Waals surface area contributed by atoms with Crippen LogP contribution < -0.4 is 10.6 Å². The maximum absolute atomic E-state index is 12.4. The summed E-state index contributed by atoms with van der Waals surface area (Å²) in [6, 6.07) is 10.4. The number of rotatable bonds is 5. The van der Waals surface area contributed by atoms with Gasteiger partial charge in [-0.1, -0.05) is 30.3 Å². The molecule has 2 saturated heterocycles. The summed E-state index contributed by atoms with van der Waals surface area (Å²) in [4.78, 5) is 12.4. The van der Waals surface area contributed by atoms with Gasteiger partial charge in [0.15, 0.2) is 0 Å². The summed E-state index contributed by atoms with van der Waals surface area (Å²) in [6.07, 6.45) is 2.73. The van der Waals surface area contributed by atoms with Crippen molar-refractivity contribution >= 4 is 17.7 Å². The molecule has 2 aliphatic heterocycles. The van der Waals surface area contributed by atoms with E-state index in [0.29, 0.717) is 12.5 Å². The number of carbonyl (C=O) groups is 1. The molecule has 120 valence electrons. The van der Waals surface area contributed by atoms with E-state index in [9.17, 15) is 4.79 Å². The standard InChI is InChI=1S/C17H24N2O2S/c20-16(11-14-12-22-10-8-18-14)19-17(15-7-4-9-21-15)13-5-2-1-3-6-13/h1-3,5-6,14-15,17-18H,4,7-12H2,(H,19,20). The van der Waals surface area contributed by atoms with E-state index in [1.54, 1.807) is 0 Å². The molecular weight excluding hydrogens is 296 g/mol. The maximum Gasteiger partial charge on any atom is 0.222 e. The Morgan fingerprint density at radius 1 is 1.41 bits per heavy atom. The predicted octanol–water partition coefficient (Wildman–Crippen LogP) is 2.12. The molecule has 0 aliphatic carbocycles. The van der Waals surface area contributed by atoms with Crippen LogP contribution in [0.3, 0.4) is 0 Å². The second kappa shape index (κ2) is 7.99. The van der Waals surface area contributed by atoms with Gasteiger partial charge in [-0.15, -0.1) is 0 Å². The minimum Gasteiger partial charge on any atom is -0.376 e. The number of thioether (sulfide) groups is 1. The molecule has 3 atom stereocenters. The van der Waals surface area contributed by atoms with Crippen molar-refractivity contribution in [3.05, 3.63) is 35.9 Å². The lowest BCUT2D eigenvalue weighted by atomic mass is 9.99. The quantitative estimate of drug-likeness (QED) is 0.872. The minimum atomic E-state index is -0.0348. The van der Waals surface area contributed by atoms with E-state index in [0.717, 1.165) is 43.1 Å². The zero-order valence-corrected chi connectivity index (χ0v) is 13.6. The first-order chi connectivity index (χ1) is 10.8. The van der Waals surface area contributed by atoms with Crippen molar-refractivity contribution in [3.8, 4) is 0 Å². The highest BCUT2D eigenvalue weighted by atomic mass is 32.2. The van der Waals surface area contributed by atoms with Gasteiger partial charge < -0.3 is 15.4 Å². The Balaban J connectivity index is 1.63. The topological polar surface area (TPSA) is 50.4 Å². The number of hydrogen-bond donors (Lipinski definition) is 2. The monoisotopic (exact) mass is 320 g/mol. The SMILES string of the molecule is O=C(CC1CSCCN1)NC(c1ccccc1)C1CCCO1. The number of hydrogen-bond acceptors (Lipinski definition) is 4. The number of carbonyl (C=O) groups excluding carboxylic acids is 1. The second-order valence-electron chi connectivity index (χ2n) is 5.94. The van der Waals surface area contributed by atoms with Gasteiger partial charge in [0, 0.05) is 37.1 Å². The summed E-state index contributed by atoms with van der Waals surface area (Å²) in [5.74, 6) is 2.27. The molecule has 3 rings (SSSR count). The van der Waals surface area contributed by atoms with Crippen LogP contribution in [0.4, 0.5) is 0 Å². The number of nitrogens with one attached hydrogen (secondary N) is 2. The van der Waals surface area contributed by atoms with E-state index < -0.39 is 0 Å². The van der Waals surface area contributed by atoms with Gasteiger partial charge >= 0.3 is 0 Å². The molecule has 4 nitrogen and oxygen atoms in total. The van der Waals surface area contributed by atoms with Gasteiger partial charge in [-0.3, -0.25) is 4.79 Å². The van der Waals surface area contributed by atoms with Crippen LogP contribution in [0, 0.1) is 0 Å². The van der Waals surface area contributed by atoms with Crippen LogP contribution in [-0.4, -0.2) is 42.7 Å². The highest BCUT2D eigenvalue weighted by Crippen LogP contribution is 2.27.